The molecule has 0 saturated carbocycles. The zero-order chi connectivity index (χ0) is 14.2. The van der Waals surface area contributed by atoms with Crippen LogP contribution < -0.4 is 11.5 Å². The Morgan fingerprint density at radius 3 is 1.74 bits per heavy atom. The standard InChI is InChI=1S/C15H32N4/c1-2-3-4-5-6-7-8-9-10-11-12-13-14-18-19-15(16)17/h14H,2-13H2,1H3,(H4,16,17,19)/b18-14+. The maximum atomic E-state index is 5.15. The summed E-state index contributed by atoms with van der Waals surface area (Å²) in [6, 6.07) is 0. The summed E-state index contributed by atoms with van der Waals surface area (Å²) in [5.74, 6) is 0.0233. The largest absolute Gasteiger partial charge is 0.369 e. The minimum Gasteiger partial charge on any atom is -0.369 e. The summed E-state index contributed by atoms with van der Waals surface area (Å²) < 4.78 is 0. The van der Waals surface area contributed by atoms with E-state index in [-0.39, 0.29) is 5.96 Å². The second kappa shape index (κ2) is 15.0. The Morgan fingerprint density at radius 2 is 1.26 bits per heavy atom. The number of hydrogen-bond acceptors (Lipinski definition) is 2. The fraction of sp³-hybridized carbons (Fsp3) is 0.867. The van der Waals surface area contributed by atoms with E-state index < -0.39 is 0 Å². The molecule has 0 unspecified atom stereocenters. The van der Waals surface area contributed by atoms with E-state index in [2.05, 4.69) is 17.1 Å². The van der Waals surface area contributed by atoms with Crippen LogP contribution in [0.4, 0.5) is 0 Å². The summed E-state index contributed by atoms with van der Waals surface area (Å²) in [5.41, 5.74) is 10.3. The number of unbranched alkanes of at least 4 members (excludes halogenated alkanes) is 11. The van der Waals surface area contributed by atoms with Crippen molar-refractivity contribution in [2.75, 3.05) is 0 Å². The van der Waals surface area contributed by atoms with Gasteiger partial charge >= 0.3 is 0 Å². The zero-order valence-corrected chi connectivity index (χ0v) is 12.6. The van der Waals surface area contributed by atoms with Crippen LogP contribution in [0.2, 0.25) is 0 Å². The van der Waals surface area contributed by atoms with Gasteiger partial charge in [-0.25, -0.2) is 0 Å². The van der Waals surface area contributed by atoms with Crippen molar-refractivity contribution in [3.8, 4) is 0 Å². The second-order valence-corrected chi connectivity index (χ2v) is 5.15. The molecule has 19 heavy (non-hydrogen) atoms. The first-order chi connectivity index (χ1) is 9.27. The van der Waals surface area contributed by atoms with Crippen LogP contribution in [0.25, 0.3) is 0 Å². The molecule has 0 aromatic rings. The SMILES string of the molecule is CCCCCCCCCCCCC/C=N/N=C(N)N. The van der Waals surface area contributed by atoms with Crippen molar-refractivity contribution in [3.05, 3.63) is 0 Å². The molecule has 4 heteroatoms. The van der Waals surface area contributed by atoms with Crippen LogP contribution in [0.5, 0.6) is 0 Å². The second-order valence-electron chi connectivity index (χ2n) is 5.15. The smallest absolute Gasteiger partial charge is 0.211 e. The molecule has 4 nitrogen and oxygen atoms in total. The lowest BCUT2D eigenvalue weighted by Gasteiger charge is -2.01. The van der Waals surface area contributed by atoms with Crippen LogP contribution in [0.3, 0.4) is 0 Å². The van der Waals surface area contributed by atoms with Gasteiger partial charge in [0.1, 0.15) is 0 Å². The maximum absolute atomic E-state index is 5.15. The summed E-state index contributed by atoms with van der Waals surface area (Å²) in [4.78, 5) is 0. The summed E-state index contributed by atoms with van der Waals surface area (Å²) in [6.45, 7) is 2.27. The highest BCUT2D eigenvalue weighted by molar-refractivity contribution is 5.76. The van der Waals surface area contributed by atoms with Gasteiger partial charge in [-0.05, 0) is 12.8 Å². The lowest BCUT2D eigenvalue weighted by Crippen LogP contribution is -2.21. The van der Waals surface area contributed by atoms with E-state index in [0.29, 0.717) is 0 Å². The van der Waals surface area contributed by atoms with Gasteiger partial charge in [0.05, 0.1) is 0 Å². The number of nitrogens with zero attached hydrogens (tertiary/aromatic N) is 2. The van der Waals surface area contributed by atoms with Crippen molar-refractivity contribution in [3.63, 3.8) is 0 Å². The van der Waals surface area contributed by atoms with Crippen LogP contribution in [0.1, 0.15) is 84.0 Å². The van der Waals surface area contributed by atoms with Gasteiger partial charge in [0.15, 0.2) is 0 Å². The predicted octanol–water partition coefficient (Wildman–Crippen LogP) is 3.95. The molecule has 0 aromatic heterocycles. The van der Waals surface area contributed by atoms with Crippen LogP contribution in [0.15, 0.2) is 10.2 Å². The lowest BCUT2D eigenvalue weighted by atomic mass is 10.1. The molecule has 0 radical (unpaired) electrons. The molecule has 4 N–H and O–H groups in total. The molecule has 0 amide bonds. The molecule has 0 rings (SSSR count). The third-order valence-electron chi connectivity index (χ3n) is 3.19. The molecule has 0 saturated heterocycles. The summed E-state index contributed by atoms with van der Waals surface area (Å²) in [5, 5.41) is 7.32. The van der Waals surface area contributed by atoms with Gasteiger partial charge in [-0.1, -0.05) is 71.1 Å². The quantitative estimate of drug-likeness (QED) is 0.230. The van der Waals surface area contributed by atoms with E-state index in [0.717, 1.165) is 6.42 Å². The lowest BCUT2D eigenvalue weighted by molar-refractivity contribution is 0.552. The van der Waals surface area contributed by atoms with Crippen LogP contribution in [-0.2, 0) is 0 Å². The Bertz CT molecular complexity index is 232. The van der Waals surface area contributed by atoms with Crippen molar-refractivity contribution < 1.29 is 0 Å². The predicted molar refractivity (Wildman–Crippen MR) is 85.4 cm³/mol. The Hall–Kier alpha value is -1.06. The molecule has 112 valence electrons. The fourth-order valence-corrected chi connectivity index (χ4v) is 2.07. The van der Waals surface area contributed by atoms with Gasteiger partial charge in [0.2, 0.25) is 5.96 Å². The van der Waals surface area contributed by atoms with Gasteiger partial charge < -0.3 is 11.5 Å². The van der Waals surface area contributed by atoms with Crippen LogP contribution in [-0.4, -0.2) is 12.2 Å². The molecular formula is C15H32N4. The number of rotatable bonds is 13. The molecule has 0 aliphatic rings. The van der Waals surface area contributed by atoms with Gasteiger partial charge in [-0.15, -0.1) is 5.10 Å². The van der Waals surface area contributed by atoms with Crippen LogP contribution >= 0.6 is 0 Å². The van der Waals surface area contributed by atoms with Crippen molar-refractivity contribution in [1.29, 1.82) is 0 Å². The van der Waals surface area contributed by atoms with E-state index in [4.69, 9.17) is 11.5 Å². The summed E-state index contributed by atoms with van der Waals surface area (Å²) in [6.07, 6.45) is 17.7. The van der Waals surface area contributed by atoms with E-state index in [1.54, 1.807) is 6.21 Å². The number of nitrogens with two attached hydrogens (primary N) is 2. The highest BCUT2D eigenvalue weighted by Crippen LogP contribution is 2.11. The van der Waals surface area contributed by atoms with E-state index >= 15 is 0 Å². The number of hydrogen-bond donors (Lipinski definition) is 2. The van der Waals surface area contributed by atoms with Gasteiger partial charge in [0.25, 0.3) is 0 Å². The summed E-state index contributed by atoms with van der Waals surface area (Å²) >= 11 is 0. The van der Waals surface area contributed by atoms with Crippen molar-refractivity contribution in [2.45, 2.75) is 84.0 Å². The first-order valence-corrected chi connectivity index (χ1v) is 7.87. The normalized spacial score (nSPS) is 11.0. The van der Waals surface area contributed by atoms with Gasteiger partial charge in [-0.2, -0.15) is 5.10 Å². The van der Waals surface area contributed by atoms with Gasteiger partial charge in [0, 0.05) is 6.21 Å². The highest BCUT2D eigenvalue weighted by Gasteiger charge is 1.92. The summed E-state index contributed by atoms with van der Waals surface area (Å²) in [7, 11) is 0. The average Bonchev–Trinajstić information content (AvgIpc) is 2.39. The fourth-order valence-electron chi connectivity index (χ4n) is 2.07. The van der Waals surface area contributed by atoms with E-state index in [1.807, 2.05) is 0 Å². The zero-order valence-electron chi connectivity index (χ0n) is 12.6. The molecule has 0 aliphatic heterocycles. The highest BCUT2D eigenvalue weighted by atomic mass is 15.3. The molecule has 0 spiro atoms. The minimum atomic E-state index is 0.0233. The monoisotopic (exact) mass is 268 g/mol. The molecule has 0 atom stereocenters. The Labute approximate surface area is 118 Å². The third-order valence-corrected chi connectivity index (χ3v) is 3.19. The van der Waals surface area contributed by atoms with Crippen LogP contribution in [0, 0.1) is 0 Å². The maximum Gasteiger partial charge on any atom is 0.211 e. The molecule has 0 aliphatic carbocycles. The van der Waals surface area contributed by atoms with Gasteiger partial charge in [-0.3, -0.25) is 0 Å². The topological polar surface area (TPSA) is 76.8 Å². The van der Waals surface area contributed by atoms with Crippen molar-refractivity contribution in [1.82, 2.24) is 0 Å². The molecule has 0 fully saturated rings. The Balaban J connectivity index is 3.07. The first-order valence-electron chi connectivity index (χ1n) is 7.87. The minimum absolute atomic E-state index is 0.0233. The van der Waals surface area contributed by atoms with E-state index in [9.17, 15) is 0 Å². The van der Waals surface area contributed by atoms with E-state index in [1.165, 1.54) is 70.6 Å². The first kappa shape index (κ1) is 17.9. The molecule has 0 aromatic carbocycles. The molecular weight excluding hydrogens is 236 g/mol. The van der Waals surface area contributed by atoms with Crippen molar-refractivity contribution in [2.24, 2.45) is 21.7 Å². The van der Waals surface area contributed by atoms with Crippen molar-refractivity contribution >= 4 is 12.2 Å². The number of guanidine groups is 1. The third kappa shape index (κ3) is 16.9. The Morgan fingerprint density at radius 1 is 0.789 bits per heavy atom. The Kier molecular flexibility index (Phi) is 14.2. The average molecular weight is 268 g/mol. The molecule has 0 bridgehead atoms. The molecule has 0 heterocycles.